The monoisotopic (exact) mass is 189 g/mol. The van der Waals surface area contributed by atoms with Crippen LogP contribution >= 0.6 is 0 Å². The zero-order chi connectivity index (χ0) is 9.68. The summed E-state index contributed by atoms with van der Waals surface area (Å²) in [6, 6.07) is 0. The van der Waals surface area contributed by atoms with E-state index in [0.717, 1.165) is 19.6 Å². The number of rotatable bonds is 3. The number of hydrogen-bond donors (Lipinski definition) is 2. The summed E-state index contributed by atoms with van der Waals surface area (Å²) in [4.78, 5) is 2.39. The Labute approximate surface area is 76.5 Å². The number of piperazine rings is 1. The molecule has 1 saturated heterocycles. The minimum Gasteiger partial charge on any atom is -0.569 e. The molecule has 1 aliphatic rings. The fourth-order valence-electron chi connectivity index (χ4n) is 1.37. The van der Waals surface area contributed by atoms with Crippen LogP contribution in [0.4, 0.5) is 0 Å². The number of hydrogen-bond acceptors (Lipinski definition) is 4. The molecule has 0 radical (unpaired) electrons. The fraction of sp³-hybridized carbons (Fsp3) is 1.00. The van der Waals surface area contributed by atoms with Crippen LogP contribution in [0.1, 0.15) is 0 Å². The van der Waals surface area contributed by atoms with Crippen LogP contribution in [0.15, 0.2) is 5.28 Å². The van der Waals surface area contributed by atoms with Gasteiger partial charge in [-0.2, -0.15) is 0 Å². The van der Waals surface area contributed by atoms with Crippen molar-refractivity contribution in [2.75, 3.05) is 39.3 Å². The smallest absolute Gasteiger partial charge is 0.230 e. The average molecular weight is 189 g/mol. The lowest BCUT2D eigenvalue weighted by Crippen LogP contribution is -2.49. The molecule has 0 aromatic heterocycles. The Balaban J connectivity index is 2.30. The zero-order valence-corrected chi connectivity index (χ0v) is 7.46. The summed E-state index contributed by atoms with van der Waals surface area (Å²) in [6.45, 7) is 4.20. The van der Waals surface area contributed by atoms with Crippen LogP contribution in [0.5, 0.6) is 0 Å². The van der Waals surface area contributed by atoms with Crippen molar-refractivity contribution in [3.8, 4) is 0 Å². The van der Waals surface area contributed by atoms with E-state index < -0.39 is 0 Å². The van der Waals surface area contributed by atoms with Gasteiger partial charge >= 0.3 is 0 Å². The third kappa shape index (κ3) is 2.71. The summed E-state index contributed by atoms with van der Waals surface area (Å²) >= 11 is 0. The van der Waals surface area contributed by atoms with Gasteiger partial charge in [-0.3, -0.25) is 4.90 Å². The standard InChI is InChI=1S/C6H15N5O2/c7-1-2-9-3-5-10(6-4-9)11(13)8-12/h12H,1-7H2. The van der Waals surface area contributed by atoms with Gasteiger partial charge in [0.1, 0.15) is 0 Å². The first-order valence-corrected chi connectivity index (χ1v) is 4.27. The summed E-state index contributed by atoms with van der Waals surface area (Å²) in [5.74, 6) is 0. The molecule has 13 heavy (non-hydrogen) atoms. The summed E-state index contributed by atoms with van der Waals surface area (Å²) < 4.78 is 0. The molecule has 1 rings (SSSR count). The lowest BCUT2D eigenvalue weighted by molar-refractivity contribution is -0.711. The first kappa shape index (κ1) is 10.0. The molecule has 0 bridgehead atoms. The number of nitrogens with two attached hydrogens (primary N) is 1. The molecule has 0 aromatic rings. The topological polar surface area (TPSA) is 91.2 Å². The molecule has 0 amide bonds. The average Bonchev–Trinajstić information content (AvgIpc) is 2.18. The Bertz CT molecular complexity index is 178. The van der Waals surface area contributed by atoms with E-state index in [1.165, 1.54) is 5.01 Å². The van der Waals surface area contributed by atoms with Crippen LogP contribution in [0.3, 0.4) is 0 Å². The molecule has 0 spiro atoms. The third-order valence-corrected chi connectivity index (χ3v) is 2.11. The van der Waals surface area contributed by atoms with Gasteiger partial charge < -0.3 is 16.1 Å². The Morgan fingerprint density at radius 1 is 1.38 bits per heavy atom. The molecule has 0 aliphatic carbocycles. The largest absolute Gasteiger partial charge is 0.569 e. The predicted molar refractivity (Wildman–Crippen MR) is 44.9 cm³/mol. The van der Waals surface area contributed by atoms with E-state index in [1.54, 1.807) is 0 Å². The number of hydrazine groups is 1. The van der Waals surface area contributed by atoms with Gasteiger partial charge in [0.15, 0.2) is 0 Å². The van der Waals surface area contributed by atoms with E-state index in [4.69, 9.17) is 10.9 Å². The summed E-state index contributed by atoms with van der Waals surface area (Å²) in [5, 5.41) is 23.0. The van der Waals surface area contributed by atoms with Crippen molar-refractivity contribution in [2.45, 2.75) is 0 Å². The van der Waals surface area contributed by atoms with Gasteiger partial charge in [0.25, 0.3) is 0 Å². The lowest BCUT2D eigenvalue weighted by Gasteiger charge is -2.30. The minimum atomic E-state index is 0.222. The van der Waals surface area contributed by atoms with Crippen molar-refractivity contribution in [1.29, 1.82) is 0 Å². The first-order chi connectivity index (χ1) is 6.27. The quantitative estimate of drug-likeness (QED) is 0.331. The van der Waals surface area contributed by atoms with Crippen LogP contribution in [0.25, 0.3) is 0 Å². The van der Waals surface area contributed by atoms with Crippen molar-refractivity contribution in [2.24, 2.45) is 11.0 Å². The Kier molecular flexibility index (Phi) is 3.71. The molecular formula is C6H15N5O2. The molecule has 7 nitrogen and oxygen atoms in total. The first-order valence-electron chi connectivity index (χ1n) is 4.27. The Hall–Kier alpha value is -1.08. The van der Waals surface area contributed by atoms with Gasteiger partial charge in [0, 0.05) is 26.2 Å². The van der Waals surface area contributed by atoms with Gasteiger partial charge in [-0.25, -0.2) is 0 Å². The second-order valence-corrected chi connectivity index (χ2v) is 2.93. The van der Waals surface area contributed by atoms with Crippen molar-refractivity contribution in [3.63, 3.8) is 0 Å². The SMILES string of the molecule is NCCN1CCN([N+]([O-])=NO)CC1. The van der Waals surface area contributed by atoms with Crippen molar-refractivity contribution in [1.82, 2.24) is 9.91 Å². The molecule has 1 aliphatic heterocycles. The number of nitrogens with zero attached hydrogens (tertiary/aromatic N) is 4. The highest BCUT2D eigenvalue weighted by Gasteiger charge is 2.21. The van der Waals surface area contributed by atoms with Gasteiger partial charge in [0.2, 0.25) is 5.28 Å². The molecule has 76 valence electrons. The molecule has 0 saturated carbocycles. The van der Waals surface area contributed by atoms with Gasteiger partial charge in [0.05, 0.1) is 18.1 Å². The minimum absolute atomic E-state index is 0.222. The fourth-order valence-corrected chi connectivity index (χ4v) is 1.37. The second kappa shape index (κ2) is 4.83. The maximum atomic E-state index is 10.8. The Morgan fingerprint density at radius 2 is 2.00 bits per heavy atom. The molecule has 1 fully saturated rings. The summed E-state index contributed by atoms with van der Waals surface area (Å²) in [6.07, 6.45) is 0. The van der Waals surface area contributed by atoms with Crippen LogP contribution in [0.2, 0.25) is 0 Å². The second-order valence-electron chi connectivity index (χ2n) is 2.93. The molecule has 7 heteroatoms. The maximum Gasteiger partial charge on any atom is 0.230 e. The zero-order valence-electron chi connectivity index (χ0n) is 7.46. The molecular weight excluding hydrogens is 174 g/mol. The highest BCUT2D eigenvalue weighted by molar-refractivity contribution is 4.66. The van der Waals surface area contributed by atoms with Crippen LogP contribution < -0.4 is 5.73 Å². The van der Waals surface area contributed by atoms with E-state index in [1.807, 2.05) is 0 Å². The van der Waals surface area contributed by atoms with Gasteiger partial charge in [-0.1, -0.05) is 0 Å². The Morgan fingerprint density at radius 3 is 2.46 bits per heavy atom. The third-order valence-electron chi connectivity index (χ3n) is 2.11. The molecule has 0 atom stereocenters. The summed E-state index contributed by atoms with van der Waals surface area (Å²) in [7, 11) is 0. The van der Waals surface area contributed by atoms with E-state index in [0.29, 0.717) is 19.6 Å². The van der Waals surface area contributed by atoms with Crippen LogP contribution in [-0.4, -0.2) is 59.4 Å². The van der Waals surface area contributed by atoms with Crippen molar-refractivity contribution < 1.29 is 10.2 Å². The van der Waals surface area contributed by atoms with E-state index >= 15 is 0 Å². The molecule has 1 heterocycles. The van der Waals surface area contributed by atoms with Crippen molar-refractivity contribution in [3.05, 3.63) is 5.21 Å². The highest BCUT2D eigenvalue weighted by atomic mass is 16.6. The van der Waals surface area contributed by atoms with E-state index in [2.05, 4.69) is 10.2 Å². The summed E-state index contributed by atoms with van der Waals surface area (Å²) in [5.41, 5.74) is 5.39. The van der Waals surface area contributed by atoms with E-state index in [9.17, 15) is 5.21 Å². The normalized spacial score (nSPS) is 20.7. The van der Waals surface area contributed by atoms with Gasteiger partial charge in [-0.05, 0) is 0 Å². The van der Waals surface area contributed by atoms with Gasteiger partial charge in [-0.15, -0.1) is 5.01 Å². The highest BCUT2D eigenvalue weighted by Crippen LogP contribution is 2.00. The molecule has 0 aromatic carbocycles. The lowest BCUT2D eigenvalue weighted by atomic mass is 10.3. The van der Waals surface area contributed by atoms with E-state index in [-0.39, 0.29) is 4.97 Å². The predicted octanol–water partition coefficient (Wildman–Crippen LogP) is -1.17. The van der Waals surface area contributed by atoms with Crippen molar-refractivity contribution >= 4 is 0 Å². The van der Waals surface area contributed by atoms with Crippen LogP contribution in [0, 0.1) is 5.21 Å². The van der Waals surface area contributed by atoms with Crippen LogP contribution in [-0.2, 0) is 0 Å². The molecule has 3 N–H and O–H groups in total. The molecule has 0 unspecified atom stereocenters. The maximum absolute atomic E-state index is 10.8.